The Bertz CT molecular complexity index is 902. The van der Waals surface area contributed by atoms with Crippen molar-refractivity contribution in [3.8, 4) is 0 Å². The summed E-state index contributed by atoms with van der Waals surface area (Å²) in [5.74, 6) is -1.03. The van der Waals surface area contributed by atoms with Crippen LogP contribution in [-0.4, -0.2) is 11.8 Å². The lowest BCUT2D eigenvalue weighted by atomic mass is 10.1. The number of alkyl halides is 3. The average molecular weight is 376 g/mol. The van der Waals surface area contributed by atoms with Gasteiger partial charge in [-0.15, -0.1) is 0 Å². The topological polar surface area (TPSA) is 58.2 Å². The molecular weight excluding hydrogens is 357 g/mol. The lowest BCUT2D eigenvalue weighted by Gasteiger charge is -2.12. The molecule has 0 heterocycles. The molecule has 7 heteroatoms. The van der Waals surface area contributed by atoms with Crippen LogP contribution in [-0.2, 0) is 6.18 Å². The molecule has 142 valence electrons. The summed E-state index contributed by atoms with van der Waals surface area (Å²) in [6, 6.07) is 8.87. The van der Waals surface area contributed by atoms with E-state index in [1.807, 2.05) is 0 Å². The summed E-state index contributed by atoms with van der Waals surface area (Å²) in [5.41, 5.74) is 1.03. The fraction of sp³-hybridized carbons (Fsp3) is 0.200. The molecule has 0 saturated heterocycles. The number of hydrogen-bond donors (Lipinski definition) is 2. The van der Waals surface area contributed by atoms with Gasteiger partial charge < -0.3 is 10.6 Å². The number of allylic oxidation sites excluding steroid dienone is 2. The molecule has 2 aromatic carbocycles. The summed E-state index contributed by atoms with van der Waals surface area (Å²) in [5, 5.41) is 5.23. The summed E-state index contributed by atoms with van der Waals surface area (Å²) < 4.78 is 38.4. The van der Waals surface area contributed by atoms with Crippen molar-refractivity contribution in [3.05, 3.63) is 76.5 Å². The first-order valence-electron chi connectivity index (χ1n) is 8.15. The molecule has 0 radical (unpaired) electrons. The standard InChI is InChI=1S/C20H19F3N2O2/c1-4-13(3)24-19(27)17-11-16(9-8-12(17)2)25-18(26)14-6-5-7-15(10-14)20(21,22)23/h4-11H,1-3H3,(H,24,27)(H,25,26). The summed E-state index contributed by atoms with van der Waals surface area (Å²) in [7, 11) is 0. The Morgan fingerprint density at radius 2 is 1.74 bits per heavy atom. The van der Waals surface area contributed by atoms with Crippen molar-refractivity contribution in [1.29, 1.82) is 0 Å². The van der Waals surface area contributed by atoms with Gasteiger partial charge in [0.15, 0.2) is 0 Å². The minimum atomic E-state index is -4.53. The number of halogens is 3. The summed E-state index contributed by atoms with van der Waals surface area (Å²) >= 11 is 0. The lowest BCUT2D eigenvalue weighted by Crippen LogP contribution is -2.22. The first-order valence-corrected chi connectivity index (χ1v) is 8.15. The van der Waals surface area contributed by atoms with Crippen LogP contribution in [0.2, 0.25) is 0 Å². The molecule has 0 aliphatic carbocycles. The summed E-state index contributed by atoms with van der Waals surface area (Å²) in [4.78, 5) is 24.6. The van der Waals surface area contributed by atoms with Gasteiger partial charge in [-0.3, -0.25) is 9.59 Å². The maximum absolute atomic E-state index is 12.8. The van der Waals surface area contributed by atoms with Gasteiger partial charge in [0.05, 0.1) is 5.56 Å². The smallest absolute Gasteiger partial charge is 0.326 e. The van der Waals surface area contributed by atoms with Crippen molar-refractivity contribution in [1.82, 2.24) is 5.32 Å². The minimum Gasteiger partial charge on any atom is -0.326 e. The number of nitrogens with one attached hydrogen (secondary N) is 2. The minimum absolute atomic E-state index is 0.124. The van der Waals surface area contributed by atoms with E-state index in [9.17, 15) is 22.8 Å². The van der Waals surface area contributed by atoms with Crippen molar-refractivity contribution in [2.75, 3.05) is 5.32 Å². The number of carbonyl (C=O) groups is 2. The zero-order valence-electron chi connectivity index (χ0n) is 15.1. The van der Waals surface area contributed by atoms with Gasteiger partial charge in [-0.1, -0.05) is 18.2 Å². The second-order valence-electron chi connectivity index (χ2n) is 5.99. The van der Waals surface area contributed by atoms with Gasteiger partial charge in [-0.05, 0) is 56.7 Å². The number of amides is 2. The van der Waals surface area contributed by atoms with E-state index in [1.165, 1.54) is 18.2 Å². The van der Waals surface area contributed by atoms with Gasteiger partial charge >= 0.3 is 6.18 Å². The van der Waals surface area contributed by atoms with Gasteiger partial charge in [0.2, 0.25) is 0 Å². The first-order chi connectivity index (χ1) is 12.6. The third kappa shape index (κ3) is 5.20. The monoisotopic (exact) mass is 376 g/mol. The van der Waals surface area contributed by atoms with Crippen LogP contribution >= 0.6 is 0 Å². The Hall–Kier alpha value is -3.09. The van der Waals surface area contributed by atoms with Crippen LogP contribution in [0.1, 0.15) is 45.7 Å². The first kappa shape index (κ1) is 20.2. The number of rotatable bonds is 4. The maximum atomic E-state index is 12.8. The number of anilines is 1. The van der Waals surface area contributed by atoms with E-state index in [4.69, 9.17) is 0 Å². The highest BCUT2D eigenvalue weighted by atomic mass is 19.4. The Labute approximate surface area is 155 Å². The zero-order chi connectivity index (χ0) is 20.2. The molecule has 2 rings (SSSR count). The van der Waals surface area contributed by atoms with Crippen LogP contribution in [0.25, 0.3) is 0 Å². The third-order valence-corrected chi connectivity index (χ3v) is 3.94. The van der Waals surface area contributed by atoms with Crippen LogP contribution in [0.15, 0.2) is 54.2 Å². The van der Waals surface area contributed by atoms with Crippen molar-refractivity contribution in [3.63, 3.8) is 0 Å². The van der Waals surface area contributed by atoms with E-state index >= 15 is 0 Å². The largest absolute Gasteiger partial charge is 0.416 e. The molecule has 0 saturated carbocycles. The molecule has 0 bridgehead atoms. The molecule has 0 unspecified atom stereocenters. The highest BCUT2D eigenvalue weighted by Crippen LogP contribution is 2.29. The maximum Gasteiger partial charge on any atom is 0.416 e. The van der Waals surface area contributed by atoms with Gasteiger partial charge in [0, 0.05) is 22.5 Å². The molecule has 0 aromatic heterocycles. The second-order valence-corrected chi connectivity index (χ2v) is 5.99. The normalized spacial score (nSPS) is 11.9. The summed E-state index contributed by atoms with van der Waals surface area (Å²) in [6.45, 7) is 5.28. The van der Waals surface area contributed by atoms with E-state index in [-0.39, 0.29) is 11.5 Å². The van der Waals surface area contributed by atoms with E-state index in [2.05, 4.69) is 10.6 Å². The van der Waals surface area contributed by atoms with E-state index in [1.54, 1.807) is 39.0 Å². The van der Waals surface area contributed by atoms with Crippen molar-refractivity contribution in [2.45, 2.75) is 26.9 Å². The highest BCUT2D eigenvalue weighted by molar-refractivity contribution is 6.05. The molecule has 4 nitrogen and oxygen atoms in total. The Morgan fingerprint density at radius 3 is 2.37 bits per heavy atom. The average Bonchev–Trinajstić information content (AvgIpc) is 2.62. The molecule has 0 atom stereocenters. The number of carbonyl (C=O) groups excluding carboxylic acids is 2. The summed E-state index contributed by atoms with van der Waals surface area (Å²) in [6.07, 6.45) is -2.79. The van der Waals surface area contributed by atoms with E-state index < -0.39 is 17.6 Å². The van der Waals surface area contributed by atoms with Gasteiger partial charge in [0.1, 0.15) is 0 Å². The number of hydrogen-bond acceptors (Lipinski definition) is 2. The fourth-order valence-corrected chi connectivity index (χ4v) is 2.30. The number of benzene rings is 2. The Kier molecular flexibility index (Phi) is 6.05. The fourth-order valence-electron chi connectivity index (χ4n) is 2.30. The van der Waals surface area contributed by atoms with Crippen LogP contribution < -0.4 is 10.6 Å². The van der Waals surface area contributed by atoms with Crippen molar-refractivity contribution < 1.29 is 22.8 Å². The molecule has 0 fully saturated rings. The molecule has 0 spiro atoms. The van der Waals surface area contributed by atoms with Crippen LogP contribution in [0.3, 0.4) is 0 Å². The molecule has 0 aliphatic rings. The Morgan fingerprint density at radius 1 is 1.04 bits per heavy atom. The van der Waals surface area contributed by atoms with Gasteiger partial charge in [-0.25, -0.2) is 0 Å². The molecule has 0 aliphatic heterocycles. The third-order valence-electron chi connectivity index (χ3n) is 3.94. The van der Waals surface area contributed by atoms with Crippen LogP contribution in [0, 0.1) is 6.92 Å². The molecule has 2 N–H and O–H groups in total. The van der Waals surface area contributed by atoms with Crippen molar-refractivity contribution in [2.24, 2.45) is 0 Å². The lowest BCUT2D eigenvalue weighted by molar-refractivity contribution is -0.137. The predicted molar refractivity (Wildman–Crippen MR) is 97.5 cm³/mol. The van der Waals surface area contributed by atoms with Crippen molar-refractivity contribution >= 4 is 17.5 Å². The SMILES string of the molecule is CC=C(C)NC(=O)c1cc(NC(=O)c2cccc(C(F)(F)F)c2)ccc1C. The predicted octanol–water partition coefficient (Wildman–Crippen LogP) is 4.92. The molecule has 2 aromatic rings. The second kappa shape index (κ2) is 8.07. The molecule has 2 amide bonds. The Balaban J connectivity index is 2.24. The van der Waals surface area contributed by atoms with E-state index in [0.29, 0.717) is 22.5 Å². The number of aryl methyl sites for hydroxylation is 1. The quantitative estimate of drug-likeness (QED) is 0.796. The van der Waals surface area contributed by atoms with Crippen LogP contribution in [0.5, 0.6) is 0 Å². The van der Waals surface area contributed by atoms with Crippen LogP contribution in [0.4, 0.5) is 18.9 Å². The van der Waals surface area contributed by atoms with Gasteiger partial charge in [0.25, 0.3) is 11.8 Å². The van der Waals surface area contributed by atoms with E-state index in [0.717, 1.165) is 12.1 Å². The van der Waals surface area contributed by atoms with Gasteiger partial charge in [-0.2, -0.15) is 13.2 Å². The highest BCUT2D eigenvalue weighted by Gasteiger charge is 2.30. The molecule has 27 heavy (non-hydrogen) atoms. The zero-order valence-corrected chi connectivity index (χ0v) is 15.1. The molecular formula is C20H19F3N2O2.